The van der Waals surface area contributed by atoms with E-state index in [9.17, 15) is 27.9 Å². The van der Waals surface area contributed by atoms with E-state index in [0.717, 1.165) is 67.0 Å². The predicted octanol–water partition coefficient (Wildman–Crippen LogP) is 6.83. The van der Waals surface area contributed by atoms with Crippen LogP contribution < -0.4 is 9.64 Å². The Balaban J connectivity index is 1.34. The van der Waals surface area contributed by atoms with Gasteiger partial charge in [-0.15, -0.1) is 0 Å². The molecule has 1 aliphatic carbocycles. The molecule has 1 amide bonds. The van der Waals surface area contributed by atoms with Crippen molar-refractivity contribution in [3.63, 3.8) is 0 Å². The van der Waals surface area contributed by atoms with Gasteiger partial charge in [-0.25, -0.2) is 22.9 Å². The lowest BCUT2D eigenvalue weighted by atomic mass is 9.78. The van der Waals surface area contributed by atoms with E-state index in [1.807, 2.05) is 24.3 Å². The molecular weight excluding hydrogens is 575 g/mol. The summed E-state index contributed by atoms with van der Waals surface area (Å²) in [6.45, 7) is 3.50. The number of aliphatic carboxylic acids is 1. The number of pyridine rings is 1. The van der Waals surface area contributed by atoms with Crippen molar-refractivity contribution in [1.82, 2.24) is 9.88 Å². The number of halogens is 3. The molecule has 6 rings (SSSR count). The van der Waals surface area contributed by atoms with Gasteiger partial charge >= 0.3 is 12.1 Å². The van der Waals surface area contributed by atoms with Gasteiger partial charge in [-0.2, -0.15) is 0 Å². The summed E-state index contributed by atoms with van der Waals surface area (Å²) in [7, 11) is 1.59. The van der Waals surface area contributed by atoms with Crippen LogP contribution in [0.5, 0.6) is 5.75 Å². The molecule has 2 aromatic carbocycles. The zero-order chi connectivity index (χ0) is 31.1. The number of hydrogen-bond donors (Lipinski definition) is 1. The highest BCUT2D eigenvalue weighted by Gasteiger charge is 2.41. The maximum atomic E-state index is 14.0. The topological polar surface area (TPSA) is 92.2 Å². The third-order valence-electron chi connectivity index (χ3n) is 9.25. The Bertz CT molecular complexity index is 1570. The lowest BCUT2D eigenvalue weighted by molar-refractivity contribution is -0.142. The van der Waals surface area contributed by atoms with Crippen LogP contribution in [0.2, 0.25) is 0 Å². The Morgan fingerprint density at radius 2 is 1.70 bits per heavy atom. The maximum Gasteiger partial charge on any atom is 0.411 e. The number of hydrogen-bond acceptors (Lipinski definition) is 6. The molecule has 0 bridgehead atoms. The number of methoxy groups -OCH3 is 1. The third kappa shape index (κ3) is 5.55. The van der Waals surface area contributed by atoms with Crippen LogP contribution in [0.15, 0.2) is 42.5 Å². The summed E-state index contributed by atoms with van der Waals surface area (Å²) in [4.78, 5) is 33.2. The molecule has 2 aliphatic heterocycles. The van der Waals surface area contributed by atoms with Gasteiger partial charge in [0.2, 0.25) is 0 Å². The van der Waals surface area contributed by atoms with Gasteiger partial charge in [0.1, 0.15) is 17.7 Å². The summed E-state index contributed by atoms with van der Waals surface area (Å²) in [5.74, 6) is -3.74. The fourth-order valence-corrected chi connectivity index (χ4v) is 6.50. The van der Waals surface area contributed by atoms with E-state index in [1.54, 1.807) is 14.0 Å². The molecule has 1 N–H and O–H groups in total. The van der Waals surface area contributed by atoms with Crippen LogP contribution in [0.3, 0.4) is 0 Å². The fourth-order valence-electron chi connectivity index (χ4n) is 6.50. The first-order valence-electron chi connectivity index (χ1n) is 14.9. The molecule has 3 aromatic rings. The van der Waals surface area contributed by atoms with Gasteiger partial charge in [-0.3, -0.25) is 9.69 Å². The number of nitrogens with zero attached hydrogens (tertiary/aromatic N) is 3. The molecule has 44 heavy (non-hydrogen) atoms. The monoisotopic (exact) mass is 609 g/mol. The number of benzene rings is 2. The lowest BCUT2D eigenvalue weighted by Crippen LogP contribution is -2.38. The quantitative estimate of drug-likeness (QED) is 0.280. The average Bonchev–Trinajstić information content (AvgIpc) is 3.27. The van der Waals surface area contributed by atoms with Crippen molar-refractivity contribution in [1.29, 1.82) is 0 Å². The highest BCUT2D eigenvalue weighted by atomic mass is 19.2. The first-order valence-corrected chi connectivity index (χ1v) is 14.9. The van der Waals surface area contributed by atoms with E-state index in [0.29, 0.717) is 24.3 Å². The molecule has 0 unspecified atom stereocenters. The predicted molar refractivity (Wildman–Crippen MR) is 156 cm³/mol. The molecule has 2 atom stereocenters. The summed E-state index contributed by atoms with van der Waals surface area (Å²) in [5, 5.41) is 9.43. The maximum absolute atomic E-state index is 14.0. The van der Waals surface area contributed by atoms with E-state index >= 15 is 0 Å². The summed E-state index contributed by atoms with van der Waals surface area (Å²) < 4.78 is 53.0. The van der Waals surface area contributed by atoms with Crippen LogP contribution in [0.1, 0.15) is 67.9 Å². The minimum atomic E-state index is -1.58. The summed E-state index contributed by atoms with van der Waals surface area (Å²) >= 11 is 0. The molecule has 0 spiro atoms. The second-order valence-electron chi connectivity index (χ2n) is 11.8. The zero-order valence-electron chi connectivity index (χ0n) is 24.6. The van der Waals surface area contributed by atoms with Crippen molar-refractivity contribution in [2.75, 3.05) is 25.1 Å². The molecule has 11 heteroatoms. The smallest absolute Gasteiger partial charge is 0.411 e. The first kappa shape index (κ1) is 29.8. The standard InChI is InChI=1S/C33H34F3N3O5/c1-18-31(22-15-25(34)30(36)26(35)16-22)44-33(42)39(18)17-27-23(9-11-29(37-27)38-12-3-13-38)24-14-21(8-10-28(24)43-2)19-4-6-20(7-5-19)32(40)41/h8-11,14-16,18-20,31H,3-7,12-13,17H2,1-2H3,(H,40,41)/t18-,19?,20?,31-/m0/s1. The molecule has 1 aromatic heterocycles. The first-order chi connectivity index (χ1) is 21.1. The van der Waals surface area contributed by atoms with Crippen molar-refractivity contribution >= 4 is 17.9 Å². The van der Waals surface area contributed by atoms with Crippen LogP contribution in [0, 0.1) is 23.4 Å². The second-order valence-corrected chi connectivity index (χ2v) is 11.8. The number of carboxylic acid groups (broad SMARTS) is 1. The minimum Gasteiger partial charge on any atom is -0.496 e. The lowest BCUT2D eigenvalue weighted by Gasteiger charge is -2.33. The van der Waals surface area contributed by atoms with Crippen LogP contribution in [-0.2, 0) is 16.1 Å². The van der Waals surface area contributed by atoms with Crippen LogP contribution >= 0.6 is 0 Å². The largest absolute Gasteiger partial charge is 0.496 e. The van der Waals surface area contributed by atoms with Crippen molar-refractivity contribution in [2.24, 2.45) is 5.92 Å². The van der Waals surface area contributed by atoms with E-state index in [4.69, 9.17) is 14.5 Å². The van der Waals surface area contributed by atoms with Crippen molar-refractivity contribution in [3.8, 4) is 16.9 Å². The molecular formula is C33H34F3N3O5. The highest BCUT2D eigenvalue weighted by molar-refractivity contribution is 5.76. The SMILES string of the molecule is COc1ccc(C2CCC(C(=O)O)CC2)cc1-c1ccc(N2CCC2)nc1CN1C(=O)O[C@H](c2cc(F)c(F)c(F)c2)[C@@H]1C. The van der Waals surface area contributed by atoms with Gasteiger partial charge in [0.25, 0.3) is 0 Å². The van der Waals surface area contributed by atoms with E-state index in [1.165, 1.54) is 4.90 Å². The number of anilines is 1. The van der Waals surface area contributed by atoms with E-state index in [-0.39, 0.29) is 23.9 Å². The molecule has 1 saturated carbocycles. The Morgan fingerprint density at radius 1 is 1.00 bits per heavy atom. The van der Waals surface area contributed by atoms with Gasteiger partial charge < -0.3 is 19.5 Å². The van der Waals surface area contributed by atoms with Gasteiger partial charge in [0.05, 0.1) is 31.3 Å². The van der Waals surface area contributed by atoms with Crippen LogP contribution in [0.4, 0.5) is 23.8 Å². The van der Waals surface area contributed by atoms with Crippen molar-refractivity contribution in [3.05, 3.63) is 76.7 Å². The Kier molecular flexibility index (Phi) is 8.13. The number of ether oxygens (including phenoxy) is 2. The molecule has 0 radical (unpaired) electrons. The third-order valence-corrected chi connectivity index (χ3v) is 9.25. The summed E-state index contributed by atoms with van der Waals surface area (Å²) in [5.41, 5.74) is 3.26. The normalized spacial score (nSPS) is 23.3. The zero-order valence-corrected chi connectivity index (χ0v) is 24.6. The number of cyclic esters (lactones) is 1. The van der Waals surface area contributed by atoms with Gasteiger partial charge in [-0.1, -0.05) is 6.07 Å². The number of carbonyl (C=O) groups is 2. The Labute approximate surface area is 253 Å². The fraction of sp³-hybridized carbons (Fsp3) is 0.424. The molecule has 3 heterocycles. The number of carboxylic acids is 1. The number of aromatic nitrogens is 1. The number of amides is 1. The van der Waals surface area contributed by atoms with E-state index in [2.05, 4.69) is 11.0 Å². The molecule has 3 aliphatic rings. The highest BCUT2D eigenvalue weighted by Crippen LogP contribution is 2.42. The van der Waals surface area contributed by atoms with Crippen molar-refractivity contribution < 1.29 is 37.3 Å². The minimum absolute atomic E-state index is 0.0271. The number of rotatable bonds is 8. The second kappa shape index (κ2) is 12.0. The summed E-state index contributed by atoms with van der Waals surface area (Å²) in [6.07, 6.45) is 2.16. The Hall–Kier alpha value is -4.28. The molecule has 232 valence electrons. The Morgan fingerprint density at radius 3 is 2.32 bits per heavy atom. The van der Waals surface area contributed by atoms with Gasteiger partial charge in [0.15, 0.2) is 17.5 Å². The molecule has 2 saturated heterocycles. The number of carbonyl (C=O) groups excluding carboxylic acids is 1. The average molecular weight is 610 g/mol. The van der Waals surface area contributed by atoms with E-state index < -0.39 is 41.7 Å². The summed E-state index contributed by atoms with van der Waals surface area (Å²) in [6, 6.07) is 11.0. The van der Waals surface area contributed by atoms with Gasteiger partial charge in [0, 0.05) is 29.8 Å². The molecule has 3 fully saturated rings. The van der Waals surface area contributed by atoms with Crippen molar-refractivity contribution in [2.45, 2.75) is 63.6 Å². The van der Waals surface area contributed by atoms with Crippen LogP contribution in [0.25, 0.3) is 11.1 Å². The van der Waals surface area contributed by atoms with Gasteiger partial charge in [-0.05, 0) is 86.9 Å². The van der Waals surface area contributed by atoms with Crippen LogP contribution in [-0.4, -0.2) is 53.3 Å². The molecule has 8 nitrogen and oxygen atoms in total.